The maximum Gasteiger partial charge on any atom is 0.414 e. The smallest absolute Gasteiger partial charge is 0.414 e. The molecule has 2 heterocycles. The third-order valence-electron chi connectivity index (χ3n) is 5.83. The number of rotatable bonds is 6. The number of benzene rings is 2. The second kappa shape index (κ2) is 10.8. The molecule has 1 spiro atoms. The highest BCUT2D eigenvalue weighted by molar-refractivity contribution is 7.80. The first kappa shape index (κ1) is 24.6. The summed E-state index contributed by atoms with van der Waals surface area (Å²) in [6.07, 6.45) is 2.47. The number of nitrogens with zero attached hydrogens (tertiary/aromatic N) is 1. The number of anilines is 1. The second-order valence-corrected chi connectivity index (χ2v) is 8.52. The Morgan fingerprint density at radius 1 is 1.14 bits per heavy atom. The van der Waals surface area contributed by atoms with E-state index in [0.29, 0.717) is 42.5 Å². The zero-order valence-electron chi connectivity index (χ0n) is 19.4. The van der Waals surface area contributed by atoms with Crippen molar-refractivity contribution >= 4 is 29.1 Å². The van der Waals surface area contributed by atoms with Crippen LogP contribution in [0.1, 0.15) is 18.4 Å². The molecule has 0 aromatic heterocycles. The largest absolute Gasteiger partial charge is 0.493 e. The fourth-order valence-electron chi connectivity index (χ4n) is 3.87. The van der Waals surface area contributed by atoms with E-state index in [2.05, 4.69) is 16.1 Å². The quantitative estimate of drug-likeness (QED) is 0.512. The number of alkyl carbamates (subject to hydrolysis) is 1. The Bertz CT molecular complexity index is 1100. The van der Waals surface area contributed by atoms with Crippen molar-refractivity contribution in [2.24, 2.45) is 0 Å². The van der Waals surface area contributed by atoms with Crippen LogP contribution in [0.3, 0.4) is 0 Å². The minimum absolute atomic E-state index is 0.246. The van der Waals surface area contributed by atoms with E-state index in [-0.39, 0.29) is 18.2 Å². The Morgan fingerprint density at radius 2 is 1.86 bits per heavy atom. The number of hydrogen-bond acceptors (Lipinski definition) is 7. The number of carbonyl (C=O) groups excluding carboxylic acids is 1. The first-order valence-electron chi connectivity index (χ1n) is 11.0. The molecule has 3 N–H and O–H groups in total. The van der Waals surface area contributed by atoms with Gasteiger partial charge >= 0.3 is 6.09 Å². The number of carbonyl (C=O) groups is 1. The monoisotopic (exact) mass is 502 g/mol. The topological polar surface area (TPSA) is 93.3 Å². The van der Waals surface area contributed by atoms with E-state index in [1.807, 2.05) is 11.0 Å². The van der Waals surface area contributed by atoms with E-state index in [0.717, 1.165) is 11.3 Å². The van der Waals surface area contributed by atoms with Crippen LogP contribution in [0.2, 0.25) is 0 Å². The number of ether oxygens (including phenoxy) is 3. The number of hydroxylamine groups is 1. The molecule has 0 saturated carbocycles. The Morgan fingerprint density at radius 3 is 2.54 bits per heavy atom. The van der Waals surface area contributed by atoms with E-state index in [1.165, 1.54) is 12.1 Å². The average Bonchev–Trinajstić information content (AvgIpc) is 3.25. The molecule has 0 radical (unpaired) electrons. The molecule has 2 aromatic carbocycles. The van der Waals surface area contributed by atoms with Crippen molar-refractivity contribution in [1.29, 1.82) is 0 Å². The molecule has 2 aromatic rings. The standard InChI is InChI=1S/C24H27FN4O5S/c1-31-19-8-3-16(13-20(19)32-2)15-26-23(30)33-21-14-24(34-28-21)9-11-29(12-10-24)22(35)27-18-6-4-17(25)5-7-18/h3-8,13-14,28H,9-12,15H2,1-2H3,(H,26,30)(H,27,35). The molecule has 9 nitrogen and oxygen atoms in total. The van der Waals surface area contributed by atoms with E-state index < -0.39 is 11.7 Å². The molecule has 0 atom stereocenters. The molecule has 1 saturated heterocycles. The van der Waals surface area contributed by atoms with Crippen LogP contribution in [-0.2, 0) is 16.1 Å². The van der Waals surface area contributed by atoms with Gasteiger partial charge in [0.15, 0.2) is 16.6 Å². The zero-order chi connectivity index (χ0) is 24.8. The lowest BCUT2D eigenvalue weighted by Crippen LogP contribution is -2.48. The van der Waals surface area contributed by atoms with Gasteiger partial charge < -0.3 is 29.7 Å². The summed E-state index contributed by atoms with van der Waals surface area (Å²) in [4.78, 5) is 20.1. The molecule has 2 aliphatic heterocycles. The summed E-state index contributed by atoms with van der Waals surface area (Å²) in [7, 11) is 3.12. The van der Waals surface area contributed by atoms with Crippen LogP contribution < -0.4 is 25.6 Å². The fourth-order valence-corrected chi connectivity index (χ4v) is 4.17. The molecule has 1 amide bonds. The van der Waals surface area contributed by atoms with Gasteiger partial charge in [-0.15, -0.1) is 0 Å². The number of hydrogen-bond donors (Lipinski definition) is 3. The molecule has 1 fully saturated rings. The lowest BCUT2D eigenvalue weighted by atomic mass is 9.92. The number of methoxy groups -OCH3 is 2. The number of likely N-dealkylation sites (tertiary alicyclic amines) is 1. The van der Waals surface area contributed by atoms with Gasteiger partial charge in [0.2, 0.25) is 5.88 Å². The number of halogens is 1. The summed E-state index contributed by atoms with van der Waals surface area (Å²) in [5.74, 6) is 1.14. The van der Waals surface area contributed by atoms with Gasteiger partial charge in [-0.3, -0.25) is 4.84 Å². The van der Waals surface area contributed by atoms with Gasteiger partial charge in [0.25, 0.3) is 0 Å². The Hall–Kier alpha value is -3.57. The molecular formula is C24H27FN4O5S. The Labute approximate surface area is 208 Å². The summed E-state index contributed by atoms with van der Waals surface area (Å²) in [6, 6.07) is 11.4. The number of thiocarbonyl (C=S) groups is 1. The number of amides is 1. The first-order valence-corrected chi connectivity index (χ1v) is 11.5. The highest BCUT2D eigenvalue weighted by Crippen LogP contribution is 2.32. The van der Waals surface area contributed by atoms with Gasteiger partial charge in [0.1, 0.15) is 11.4 Å². The van der Waals surface area contributed by atoms with Gasteiger partial charge in [-0.2, -0.15) is 0 Å². The van der Waals surface area contributed by atoms with Crippen molar-refractivity contribution in [2.75, 3.05) is 32.6 Å². The zero-order valence-corrected chi connectivity index (χ0v) is 20.2. The molecular weight excluding hydrogens is 475 g/mol. The summed E-state index contributed by atoms with van der Waals surface area (Å²) >= 11 is 5.49. The molecule has 0 bridgehead atoms. The van der Waals surface area contributed by atoms with E-state index in [4.69, 9.17) is 31.3 Å². The molecule has 186 valence electrons. The van der Waals surface area contributed by atoms with Crippen LogP contribution in [0.4, 0.5) is 14.9 Å². The summed E-state index contributed by atoms with van der Waals surface area (Å²) in [5, 5.41) is 6.39. The highest BCUT2D eigenvalue weighted by atomic mass is 32.1. The maximum atomic E-state index is 13.1. The van der Waals surface area contributed by atoms with Gasteiger partial charge in [-0.05, 0) is 54.2 Å². The van der Waals surface area contributed by atoms with Crippen molar-refractivity contribution in [2.45, 2.75) is 25.0 Å². The van der Waals surface area contributed by atoms with Gasteiger partial charge in [-0.1, -0.05) is 6.07 Å². The third-order valence-corrected chi connectivity index (χ3v) is 6.19. The first-order chi connectivity index (χ1) is 16.9. The lowest BCUT2D eigenvalue weighted by Gasteiger charge is -2.37. The molecule has 35 heavy (non-hydrogen) atoms. The minimum Gasteiger partial charge on any atom is -0.493 e. The van der Waals surface area contributed by atoms with E-state index in [9.17, 15) is 9.18 Å². The molecule has 0 aliphatic carbocycles. The van der Waals surface area contributed by atoms with E-state index >= 15 is 0 Å². The van der Waals surface area contributed by atoms with Gasteiger partial charge in [-0.25, -0.2) is 14.7 Å². The summed E-state index contributed by atoms with van der Waals surface area (Å²) in [5.41, 5.74) is 3.68. The molecule has 11 heteroatoms. The number of nitrogens with one attached hydrogen (secondary N) is 3. The van der Waals surface area contributed by atoms with Crippen LogP contribution in [0.25, 0.3) is 0 Å². The van der Waals surface area contributed by atoms with Crippen molar-refractivity contribution in [3.8, 4) is 11.5 Å². The Balaban J connectivity index is 1.25. The number of piperidine rings is 1. The second-order valence-electron chi connectivity index (χ2n) is 8.13. The van der Waals surface area contributed by atoms with Gasteiger partial charge in [0, 0.05) is 44.2 Å². The van der Waals surface area contributed by atoms with Crippen LogP contribution in [0.15, 0.2) is 54.4 Å². The van der Waals surface area contributed by atoms with Crippen molar-refractivity contribution < 1.29 is 28.2 Å². The normalized spacial score (nSPS) is 16.2. The maximum absolute atomic E-state index is 13.1. The Kier molecular flexibility index (Phi) is 7.57. The average molecular weight is 503 g/mol. The van der Waals surface area contributed by atoms with Crippen molar-refractivity contribution in [3.63, 3.8) is 0 Å². The summed E-state index contributed by atoms with van der Waals surface area (Å²) < 4.78 is 28.9. The van der Waals surface area contributed by atoms with Crippen LogP contribution in [-0.4, -0.2) is 49.0 Å². The minimum atomic E-state index is -0.610. The molecule has 2 aliphatic rings. The molecule has 0 unspecified atom stereocenters. The molecule has 4 rings (SSSR count). The predicted molar refractivity (Wildman–Crippen MR) is 131 cm³/mol. The fraction of sp³-hybridized carbons (Fsp3) is 0.333. The predicted octanol–water partition coefficient (Wildman–Crippen LogP) is 3.68. The van der Waals surface area contributed by atoms with Crippen LogP contribution >= 0.6 is 12.2 Å². The highest BCUT2D eigenvalue weighted by Gasteiger charge is 2.40. The van der Waals surface area contributed by atoms with Crippen LogP contribution in [0, 0.1) is 5.82 Å². The van der Waals surface area contributed by atoms with Crippen LogP contribution in [0.5, 0.6) is 11.5 Å². The summed E-state index contributed by atoms with van der Waals surface area (Å²) in [6.45, 7) is 1.54. The van der Waals surface area contributed by atoms with Gasteiger partial charge in [0.05, 0.1) is 14.2 Å². The SMILES string of the molecule is COc1ccc(CNC(=O)OC2=CC3(CCN(C(=S)Nc4ccc(F)cc4)CC3)ON2)cc1OC. The van der Waals surface area contributed by atoms with Crippen molar-refractivity contribution in [3.05, 3.63) is 65.8 Å². The lowest BCUT2D eigenvalue weighted by molar-refractivity contribution is -0.0739. The third kappa shape index (κ3) is 6.11. The van der Waals surface area contributed by atoms with E-state index in [1.54, 1.807) is 44.6 Å². The van der Waals surface area contributed by atoms with Crippen molar-refractivity contribution in [1.82, 2.24) is 15.7 Å².